The molecule has 9 nitrogen and oxygen atoms in total. The molecule has 0 bridgehead atoms. The second-order valence-electron chi connectivity index (χ2n) is 6.53. The van der Waals surface area contributed by atoms with Crippen LogP contribution in [0.5, 0.6) is 0 Å². The largest absolute Gasteiger partial charge is 0.465 e. The molecular weight excluding hydrogens is 400 g/mol. The van der Waals surface area contributed by atoms with Crippen LogP contribution < -0.4 is 10.6 Å². The second-order valence-corrected chi connectivity index (χ2v) is 6.53. The summed E-state index contributed by atoms with van der Waals surface area (Å²) < 4.78 is 4.85. The van der Waals surface area contributed by atoms with Gasteiger partial charge in [0.1, 0.15) is 5.82 Å². The number of nitrogens with zero attached hydrogens (tertiary/aromatic N) is 2. The normalized spacial score (nSPS) is 10.2. The van der Waals surface area contributed by atoms with Gasteiger partial charge in [0.2, 0.25) is 0 Å². The minimum Gasteiger partial charge on any atom is -0.465 e. The van der Waals surface area contributed by atoms with Crippen LogP contribution in [0.1, 0.15) is 15.9 Å². The summed E-state index contributed by atoms with van der Waals surface area (Å²) in [6.45, 7) is -0.406. The number of methoxy groups -OCH3 is 1. The van der Waals surface area contributed by atoms with Gasteiger partial charge in [-0.2, -0.15) is 0 Å². The Morgan fingerprint density at radius 2 is 1.81 bits per heavy atom. The molecule has 2 aromatic carbocycles. The highest BCUT2D eigenvalue weighted by Gasteiger charge is 2.14. The van der Waals surface area contributed by atoms with Gasteiger partial charge in [0.15, 0.2) is 0 Å². The highest BCUT2D eigenvalue weighted by Crippen LogP contribution is 2.25. The molecule has 0 unspecified atom stereocenters. The van der Waals surface area contributed by atoms with Crippen LogP contribution in [0.25, 0.3) is 11.1 Å². The molecule has 0 aliphatic heterocycles. The quantitative estimate of drug-likeness (QED) is 0.325. The van der Waals surface area contributed by atoms with Gasteiger partial charge in [-0.15, -0.1) is 0 Å². The lowest BCUT2D eigenvalue weighted by Gasteiger charge is -2.12. The average Bonchev–Trinajstić information content (AvgIpc) is 2.78. The standard InChI is InChI=1S/C22H20N4O5/c1-31-22(28)18-6-3-2-5-17(18)16-10-8-15(9-11-16)13-24-21-19(7-4-12-23-21)25-20(27)14-26(29)30/h2-12H,13-14H2,1H3,(H,23,24)(H,25,27). The Balaban J connectivity index is 1.71. The van der Waals surface area contributed by atoms with E-state index in [2.05, 4.69) is 15.6 Å². The Bertz CT molecular complexity index is 1100. The number of nitro groups is 1. The van der Waals surface area contributed by atoms with Gasteiger partial charge in [0, 0.05) is 17.7 Å². The number of anilines is 2. The van der Waals surface area contributed by atoms with Crippen molar-refractivity contribution in [2.75, 3.05) is 24.3 Å². The number of aromatic nitrogens is 1. The van der Waals surface area contributed by atoms with E-state index in [9.17, 15) is 19.7 Å². The lowest BCUT2D eigenvalue weighted by molar-refractivity contribution is -0.467. The first kappa shape index (κ1) is 21.4. The van der Waals surface area contributed by atoms with E-state index in [1.54, 1.807) is 30.5 Å². The van der Waals surface area contributed by atoms with Gasteiger partial charge in [-0.05, 0) is 34.9 Å². The molecule has 1 heterocycles. The number of pyridine rings is 1. The van der Waals surface area contributed by atoms with Crippen molar-refractivity contribution in [3.05, 3.63) is 88.1 Å². The van der Waals surface area contributed by atoms with Crippen LogP contribution in [0.3, 0.4) is 0 Å². The summed E-state index contributed by atoms with van der Waals surface area (Å²) in [7, 11) is 1.35. The zero-order valence-corrected chi connectivity index (χ0v) is 16.7. The molecule has 3 aromatic rings. The van der Waals surface area contributed by atoms with Crippen molar-refractivity contribution in [1.82, 2.24) is 4.98 Å². The minimum absolute atomic E-state index is 0.359. The van der Waals surface area contributed by atoms with Gasteiger partial charge in [-0.1, -0.05) is 42.5 Å². The fourth-order valence-corrected chi connectivity index (χ4v) is 2.96. The second kappa shape index (κ2) is 9.97. The van der Waals surface area contributed by atoms with E-state index in [0.717, 1.165) is 16.7 Å². The number of rotatable bonds is 8. The molecule has 0 spiro atoms. The molecule has 0 atom stereocenters. The van der Waals surface area contributed by atoms with E-state index in [0.29, 0.717) is 23.6 Å². The van der Waals surface area contributed by atoms with Crippen molar-refractivity contribution in [2.45, 2.75) is 6.54 Å². The van der Waals surface area contributed by atoms with Gasteiger partial charge in [0.05, 0.1) is 18.4 Å². The van der Waals surface area contributed by atoms with E-state index >= 15 is 0 Å². The van der Waals surface area contributed by atoms with Crippen LogP contribution in [-0.4, -0.2) is 35.4 Å². The molecule has 3 rings (SSSR count). The van der Waals surface area contributed by atoms with Crippen molar-refractivity contribution in [3.63, 3.8) is 0 Å². The topological polar surface area (TPSA) is 123 Å². The molecule has 2 N–H and O–H groups in total. The number of hydrogen-bond donors (Lipinski definition) is 2. The number of ether oxygens (including phenoxy) is 1. The first-order valence-electron chi connectivity index (χ1n) is 9.35. The number of carbonyl (C=O) groups is 2. The van der Waals surface area contributed by atoms with Gasteiger partial charge >= 0.3 is 5.97 Å². The van der Waals surface area contributed by atoms with Crippen molar-refractivity contribution < 1.29 is 19.2 Å². The van der Waals surface area contributed by atoms with Crippen molar-refractivity contribution in [2.24, 2.45) is 0 Å². The van der Waals surface area contributed by atoms with Crippen LogP contribution in [-0.2, 0) is 16.1 Å². The van der Waals surface area contributed by atoms with Gasteiger partial charge < -0.3 is 15.4 Å². The van der Waals surface area contributed by atoms with Crippen LogP contribution >= 0.6 is 0 Å². The Labute approximate surface area is 178 Å². The summed E-state index contributed by atoms with van der Waals surface area (Å²) >= 11 is 0. The molecule has 0 saturated heterocycles. The summed E-state index contributed by atoms with van der Waals surface area (Å²) in [4.78, 5) is 37.6. The van der Waals surface area contributed by atoms with E-state index in [4.69, 9.17) is 4.74 Å². The number of amides is 1. The summed E-state index contributed by atoms with van der Waals surface area (Å²) in [6, 6.07) is 18.1. The van der Waals surface area contributed by atoms with E-state index in [1.807, 2.05) is 36.4 Å². The molecule has 0 fully saturated rings. The molecule has 1 aromatic heterocycles. The zero-order valence-electron chi connectivity index (χ0n) is 16.7. The maximum atomic E-state index is 12.0. The Morgan fingerprint density at radius 1 is 1.06 bits per heavy atom. The molecule has 9 heteroatoms. The Hall–Kier alpha value is -4.27. The first-order chi connectivity index (χ1) is 15.0. The highest BCUT2D eigenvalue weighted by atomic mass is 16.6. The minimum atomic E-state index is -0.817. The Morgan fingerprint density at radius 3 is 2.52 bits per heavy atom. The average molecular weight is 420 g/mol. The molecule has 0 radical (unpaired) electrons. The molecule has 158 valence electrons. The predicted octanol–water partition coefficient (Wildman–Crippen LogP) is 3.36. The fraction of sp³-hybridized carbons (Fsp3) is 0.136. The van der Waals surface area contributed by atoms with Crippen LogP contribution in [0, 0.1) is 10.1 Å². The summed E-state index contributed by atoms with van der Waals surface area (Å²) in [6.07, 6.45) is 1.55. The SMILES string of the molecule is COC(=O)c1ccccc1-c1ccc(CNc2ncccc2NC(=O)C[N+](=O)[O-])cc1. The van der Waals surface area contributed by atoms with E-state index in [1.165, 1.54) is 7.11 Å². The monoisotopic (exact) mass is 420 g/mol. The lowest BCUT2D eigenvalue weighted by atomic mass is 9.99. The van der Waals surface area contributed by atoms with Crippen molar-refractivity contribution in [1.29, 1.82) is 0 Å². The fourth-order valence-electron chi connectivity index (χ4n) is 2.96. The van der Waals surface area contributed by atoms with Gasteiger partial charge in [-0.3, -0.25) is 14.9 Å². The summed E-state index contributed by atoms with van der Waals surface area (Å²) in [5.41, 5.74) is 3.43. The summed E-state index contributed by atoms with van der Waals surface area (Å²) in [5, 5.41) is 16.1. The number of benzene rings is 2. The van der Waals surface area contributed by atoms with Crippen LogP contribution in [0.2, 0.25) is 0 Å². The number of nitrogens with one attached hydrogen (secondary N) is 2. The third-order valence-corrected chi connectivity index (χ3v) is 4.41. The van der Waals surface area contributed by atoms with Gasteiger partial charge in [0.25, 0.3) is 12.5 Å². The third kappa shape index (κ3) is 5.63. The molecule has 31 heavy (non-hydrogen) atoms. The number of esters is 1. The van der Waals surface area contributed by atoms with E-state index in [-0.39, 0.29) is 0 Å². The predicted molar refractivity (Wildman–Crippen MR) is 115 cm³/mol. The molecular formula is C22H20N4O5. The number of hydrogen-bond acceptors (Lipinski definition) is 7. The van der Waals surface area contributed by atoms with Crippen LogP contribution in [0.4, 0.5) is 11.5 Å². The summed E-state index contributed by atoms with van der Waals surface area (Å²) in [5.74, 6) is -0.725. The molecule has 0 aliphatic rings. The smallest absolute Gasteiger partial charge is 0.338 e. The molecule has 1 amide bonds. The molecule has 0 saturated carbocycles. The van der Waals surface area contributed by atoms with Gasteiger partial charge in [-0.25, -0.2) is 9.78 Å². The molecule has 0 aliphatic carbocycles. The van der Waals surface area contributed by atoms with Crippen molar-refractivity contribution >= 4 is 23.4 Å². The third-order valence-electron chi connectivity index (χ3n) is 4.41. The maximum absolute atomic E-state index is 12.0. The van der Waals surface area contributed by atoms with Crippen molar-refractivity contribution in [3.8, 4) is 11.1 Å². The Kier molecular flexibility index (Phi) is 6.89. The van der Waals surface area contributed by atoms with E-state index < -0.39 is 23.3 Å². The highest BCUT2D eigenvalue weighted by molar-refractivity contribution is 5.97. The first-order valence-corrected chi connectivity index (χ1v) is 9.35. The number of carbonyl (C=O) groups excluding carboxylic acids is 2. The van der Waals surface area contributed by atoms with Crippen LogP contribution in [0.15, 0.2) is 66.9 Å². The zero-order chi connectivity index (χ0) is 22.2. The maximum Gasteiger partial charge on any atom is 0.338 e. The lowest BCUT2D eigenvalue weighted by Crippen LogP contribution is -2.22.